The van der Waals surface area contributed by atoms with Crippen LogP contribution in [-0.2, 0) is 12.7 Å². The lowest BCUT2D eigenvalue weighted by molar-refractivity contribution is -0.141. The molecular formula is C19H12ClF5N4O. The topological polar surface area (TPSA) is 66.9 Å². The van der Waals surface area contributed by atoms with Crippen LogP contribution in [-0.4, -0.2) is 15.9 Å². The first-order valence-corrected chi connectivity index (χ1v) is 8.70. The van der Waals surface area contributed by atoms with Gasteiger partial charge in [-0.05, 0) is 35.9 Å². The summed E-state index contributed by atoms with van der Waals surface area (Å²) in [6, 6.07) is 8.50. The number of benzene rings is 2. The highest BCUT2D eigenvalue weighted by atomic mass is 35.5. The predicted molar refractivity (Wildman–Crippen MR) is 99.3 cm³/mol. The predicted octanol–water partition coefficient (Wildman–Crippen LogP) is 5.10. The molecule has 0 saturated heterocycles. The summed E-state index contributed by atoms with van der Waals surface area (Å²) in [5.74, 6) is -2.70. The molecule has 0 aliphatic rings. The monoisotopic (exact) mass is 442 g/mol. The quantitative estimate of drug-likeness (QED) is 0.539. The van der Waals surface area contributed by atoms with Crippen LogP contribution < -0.4 is 10.6 Å². The third kappa shape index (κ3) is 5.20. The van der Waals surface area contributed by atoms with Gasteiger partial charge in [-0.15, -0.1) is 0 Å². The zero-order chi connectivity index (χ0) is 21.9. The molecule has 1 aromatic heterocycles. The smallest absolute Gasteiger partial charge is 0.348 e. The van der Waals surface area contributed by atoms with E-state index in [1.54, 1.807) is 0 Å². The molecule has 0 radical (unpaired) electrons. The van der Waals surface area contributed by atoms with Crippen LogP contribution in [0.15, 0.2) is 48.7 Å². The number of aromatic nitrogens is 2. The summed E-state index contributed by atoms with van der Waals surface area (Å²) in [6.45, 7) is -0.121. The van der Waals surface area contributed by atoms with Gasteiger partial charge in [-0.25, -0.2) is 18.7 Å². The molecule has 0 aliphatic heterocycles. The first kappa shape index (κ1) is 21.4. The third-order valence-corrected chi connectivity index (χ3v) is 4.13. The van der Waals surface area contributed by atoms with E-state index in [1.807, 2.05) is 0 Å². The maximum atomic E-state index is 13.4. The van der Waals surface area contributed by atoms with Crippen molar-refractivity contribution < 1.29 is 26.7 Å². The van der Waals surface area contributed by atoms with E-state index in [1.165, 1.54) is 18.2 Å². The van der Waals surface area contributed by atoms with Crippen molar-refractivity contribution in [2.75, 3.05) is 5.32 Å². The molecule has 156 valence electrons. The molecule has 1 amide bonds. The second-order valence-electron chi connectivity index (χ2n) is 6.02. The van der Waals surface area contributed by atoms with Crippen molar-refractivity contribution in [3.05, 3.63) is 82.1 Å². The highest BCUT2D eigenvalue weighted by Gasteiger charge is 2.38. The van der Waals surface area contributed by atoms with Crippen molar-refractivity contribution in [2.24, 2.45) is 0 Å². The molecular weight excluding hydrogens is 431 g/mol. The van der Waals surface area contributed by atoms with E-state index in [4.69, 9.17) is 11.6 Å². The van der Waals surface area contributed by atoms with Crippen LogP contribution in [0.1, 0.15) is 21.6 Å². The summed E-state index contributed by atoms with van der Waals surface area (Å²) in [6.07, 6.45) is -4.22. The Morgan fingerprint density at radius 3 is 2.40 bits per heavy atom. The van der Waals surface area contributed by atoms with Crippen molar-refractivity contribution in [2.45, 2.75) is 12.7 Å². The van der Waals surface area contributed by atoms with Gasteiger partial charge in [-0.1, -0.05) is 23.7 Å². The molecule has 0 unspecified atom stereocenters. The van der Waals surface area contributed by atoms with E-state index in [9.17, 15) is 26.7 Å². The number of nitrogens with zero attached hydrogens (tertiary/aromatic N) is 2. The van der Waals surface area contributed by atoms with E-state index in [2.05, 4.69) is 20.6 Å². The van der Waals surface area contributed by atoms with Crippen LogP contribution in [0.2, 0.25) is 5.02 Å². The van der Waals surface area contributed by atoms with Gasteiger partial charge in [0.25, 0.3) is 5.91 Å². The van der Waals surface area contributed by atoms with Crippen LogP contribution in [0.25, 0.3) is 0 Å². The first-order chi connectivity index (χ1) is 14.1. The Kier molecular flexibility index (Phi) is 6.16. The van der Waals surface area contributed by atoms with Crippen molar-refractivity contribution >= 4 is 29.1 Å². The molecule has 11 heteroatoms. The van der Waals surface area contributed by atoms with Crippen molar-refractivity contribution in [3.8, 4) is 0 Å². The van der Waals surface area contributed by atoms with Gasteiger partial charge in [0.05, 0.1) is 10.6 Å². The highest BCUT2D eigenvalue weighted by Crippen LogP contribution is 2.31. The zero-order valence-electron chi connectivity index (χ0n) is 14.9. The molecule has 2 N–H and O–H groups in total. The number of carbonyl (C=O) groups excluding carboxylic acids is 1. The second kappa shape index (κ2) is 8.62. The lowest BCUT2D eigenvalue weighted by atomic mass is 10.2. The fourth-order valence-electron chi connectivity index (χ4n) is 2.41. The summed E-state index contributed by atoms with van der Waals surface area (Å²) < 4.78 is 66.4. The standard InChI is InChI=1S/C19H12ClF5N4O/c20-14-7-12(5-6-15(14)22)28-18-27-9-13(16(29-18)19(23,24)25)17(30)26-8-10-1-3-11(21)4-2-10/h1-7,9H,8H2,(H,26,30)(H,27,28,29). The molecule has 0 aliphatic carbocycles. The van der Waals surface area contributed by atoms with Gasteiger partial charge in [-0.2, -0.15) is 13.2 Å². The molecule has 1 heterocycles. The second-order valence-corrected chi connectivity index (χ2v) is 6.42. The van der Waals surface area contributed by atoms with Gasteiger partial charge in [0, 0.05) is 18.4 Å². The number of alkyl halides is 3. The minimum Gasteiger partial charge on any atom is -0.348 e. The summed E-state index contributed by atoms with van der Waals surface area (Å²) in [7, 11) is 0. The van der Waals surface area contributed by atoms with Gasteiger partial charge in [0.2, 0.25) is 5.95 Å². The Labute approximate surface area is 171 Å². The fraction of sp³-hybridized carbons (Fsp3) is 0.105. The highest BCUT2D eigenvalue weighted by molar-refractivity contribution is 6.31. The minimum absolute atomic E-state index is 0.121. The maximum Gasteiger partial charge on any atom is 0.434 e. The average molecular weight is 443 g/mol. The number of anilines is 2. The fourth-order valence-corrected chi connectivity index (χ4v) is 2.59. The molecule has 0 spiro atoms. The largest absolute Gasteiger partial charge is 0.434 e. The van der Waals surface area contributed by atoms with E-state index in [0.717, 1.165) is 30.5 Å². The number of amides is 1. The summed E-state index contributed by atoms with van der Waals surface area (Å²) >= 11 is 5.64. The van der Waals surface area contributed by atoms with Crippen LogP contribution >= 0.6 is 11.6 Å². The van der Waals surface area contributed by atoms with E-state index in [-0.39, 0.29) is 17.3 Å². The lowest BCUT2D eigenvalue weighted by Gasteiger charge is -2.14. The number of carbonyl (C=O) groups is 1. The van der Waals surface area contributed by atoms with Crippen LogP contribution in [0.5, 0.6) is 0 Å². The third-order valence-electron chi connectivity index (χ3n) is 3.84. The molecule has 0 bridgehead atoms. The summed E-state index contributed by atoms with van der Waals surface area (Å²) in [4.78, 5) is 19.4. The zero-order valence-corrected chi connectivity index (χ0v) is 15.7. The van der Waals surface area contributed by atoms with Crippen LogP contribution in [0, 0.1) is 11.6 Å². The normalized spacial score (nSPS) is 11.3. The van der Waals surface area contributed by atoms with Gasteiger partial charge < -0.3 is 10.6 Å². The molecule has 0 fully saturated rings. The number of halogens is 6. The first-order valence-electron chi connectivity index (χ1n) is 8.32. The van der Waals surface area contributed by atoms with Gasteiger partial charge in [-0.3, -0.25) is 4.79 Å². The Morgan fingerprint density at radius 1 is 1.07 bits per heavy atom. The molecule has 3 rings (SSSR count). The van der Waals surface area contributed by atoms with E-state index >= 15 is 0 Å². The van der Waals surface area contributed by atoms with Gasteiger partial charge in [0.1, 0.15) is 11.6 Å². The minimum atomic E-state index is -4.94. The lowest BCUT2D eigenvalue weighted by Crippen LogP contribution is -2.27. The van der Waals surface area contributed by atoms with Crippen molar-refractivity contribution in [3.63, 3.8) is 0 Å². The van der Waals surface area contributed by atoms with Crippen LogP contribution in [0.3, 0.4) is 0 Å². The molecule has 0 saturated carbocycles. The SMILES string of the molecule is O=C(NCc1ccc(F)cc1)c1cnc(Nc2ccc(F)c(Cl)c2)nc1C(F)(F)F. The van der Waals surface area contributed by atoms with Crippen molar-refractivity contribution in [1.82, 2.24) is 15.3 Å². The van der Waals surface area contributed by atoms with Crippen LogP contribution in [0.4, 0.5) is 33.6 Å². The number of hydrogen-bond acceptors (Lipinski definition) is 4. The van der Waals surface area contributed by atoms with E-state index < -0.39 is 40.9 Å². The molecule has 0 atom stereocenters. The Hall–Kier alpha value is -3.27. The Balaban J connectivity index is 1.82. The Morgan fingerprint density at radius 2 is 1.77 bits per heavy atom. The number of nitrogens with one attached hydrogen (secondary N) is 2. The Bertz CT molecular complexity index is 1070. The summed E-state index contributed by atoms with van der Waals surface area (Å²) in [5.41, 5.74) is -1.59. The van der Waals surface area contributed by atoms with E-state index in [0.29, 0.717) is 5.56 Å². The van der Waals surface area contributed by atoms with Gasteiger partial charge in [0.15, 0.2) is 5.69 Å². The number of hydrogen-bond donors (Lipinski definition) is 2. The molecule has 2 aromatic carbocycles. The molecule has 3 aromatic rings. The molecule has 30 heavy (non-hydrogen) atoms. The van der Waals surface area contributed by atoms with Crippen molar-refractivity contribution in [1.29, 1.82) is 0 Å². The summed E-state index contributed by atoms with van der Waals surface area (Å²) in [5, 5.41) is 4.54. The van der Waals surface area contributed by atoms with Gasteiger partial charge >= 0.3 is 6.18 Å². The average Bonchev–Trinajstić information content (AvgIpc) is 2.69. The maximum absolute atomic E-state index is 13.4. The molecule has 5 nitrogen and oxygen atoms in total. The number of rotatable bonds is 5.